The van der Waals surface area contributed by atoms with Gasteiger partial charge in [-0.2, -0.15) is 0 Å². The molecule has 0 rings (SSSR count). The molecule has 17 nitrogen and oxygen atoms in total. The third kappa shape index (κ3) is 68.1. The van der Waals surface area contributed by atoms with E-state index in [2.05, 4.69) is 65.8 Å². The van der Waals surface area contributed by atoms with Gasteiger partial charge < -0.3 is 33.8 Å². The zero-order valence-electron chi connectivity index (χ0n) is 60.7. The molecule has 94 heavy (non-hydrogen) atoms. The van der Waals surface area contributed by atoms with Gasteiger partial charge in [-0.15, -0.1) is 0 Å². The summed E-state index contributed by atoms with van der Waals surface area (Å²) in [5.74, 6) is -0.576. The van der Waals surface area contributed by atoms with E-state index in [9.17, 15) is 43.2 Å². The van der Waals surface area contributed by atoms with Crippen molar-refractivity contribution in [3.63, 3.8) is 0 Å². The number of aliphatic hydroxyl groups is 1. The van der Waals surface area contributed by atoms with Crippen LogP contribution in [0.3, 0.4) is 0 Å². The molecule has 0 saturated carbocycles. The molecular weight excluding hydrogens is 1230 g/mol. The number of aliphatic hydroxyl groups excluding tert-OH is 1. The third-order valence-electron chi connectivity index (χ3n) is 16.8. The van der Waals surface area contributed by atoms with Crippen LogP contribution in [0.5, 0.6) is 0 Å². The lowest BCUT2D eigenvalue weighted by Crippen LogP contribution is -2.30. The van der Waals surface area contributed by atoms with E-state index in [-0.39, 0.29) is 25.7 Å². The van der Waals surface area contributed by atoms with Crippen molar-refractivity contribution in [3.8, 4) is 0 Å². The van der Waals surface area contributed by atoms with E-state index < -0.39 is 97.5 Å². The Hall–Kier alpha value is -2.46. The standard InChI is InChI=1S/C75H142O17P2/c1-7-9-11-13-14-15-16-17-20-24-30-35-40-46-52-58-73(78)86-64-71(92-75(80)60-53-47-41-36-31-25-22-19-18-21-23-28-33-38-44-49-55-67(3)4)66-90-94(83,84)88-62-69(76)61-87-93(81,82)89-65-70(63-85-72(77)57-51-43-12-10-8-2)91-74(79)59-54-48-42-37-32-27-26-29-34-39-45-50-56-68(5)6/h15-17,20,67-71,76H,7-14,18-19,21-66H2,1-6H3,(H,81,82)(H,83,84)/b16-15-,20-17-/t69-,70+,71+/m0/s1. The van der Waals surface area contributed by atoms with E-state index in [0.29, 0.717) is 25.7 Å². The average molecular weight is 1380 g/mol. The SMILES string of the molecule is CCCCCC/C=C\C=C/CCCCCCCC(=O)OC[C@H](COP(=O)(O)OC[C@@H](O)COP(=O)(O)OC[C@@H](COC(=O)CCCCCCC)OC(=O)CCCCCCCCCCCCCCC(C)C)OC(=O)CCCCCCCCCCCCCCCCCCC(C)C. The molecule has 0 bridgehead atoms. The summed E-state index contributed by atoms with van der Waals surface area (Å²) in [6.45, 7) is 9.47. The predicted octanol–water partition coefficient (Wildman–Crippen LogP) is 21.5. The molecular formula is C75H142O17P2. The second kappa shape index (κ2) is 66.4. The molecule has 5 atom stereocenters. The van der Waals surface area contributed by atoms with Crippen molar-refractivity contribution < 1.29 is 80.2 Å². The van der Waals surface area contributed by atoms with Crippen LogP contribution in [0.2, 0.25) is 0 Å². The van der Waals surface area contributed by atoms with Gasteiger partial charge in [0.1, 0.15) is 19.3 Å². The van der Waals surface area contributed by atoms with Crippen molar-refractivity contribution in [2.45, 2.75) is 381 Å². The lowest BCUT2D eigenvalue weighted by atomic mass is 10.0. The molecule has 19 heteroatoms. The summed E-state index contributed by atoms with van der Waals surface area (Å²) in [5.41, 5.74) is 0. The fourth-order valence-electron chi connectivity index (χ4n) is 10.9. The number of hydrogen-bond acceptors (Lipinski definition) is 15. The van der Waals surface area contributed by atoms with E-state index >= 15 is 0 Å². The minimum absolute atomic E-state index is 0.101. The molecule has 0 saturated heterocycles. The maximum Gasteiger partial charge on any atom is 0.472 e. The topological polar surface area (TPSA) is 237 Å². The average Bonchev–Trinajstić information content (AvgIpc) is 3.38. The number of phosphoric ester groups is 2. The second-order valence-corrected chi connectivity index (χ2v) is 30.2. The molecule has 3 N–H and O–H groups in total. The van der Waals surface area contributed by atoms with E-state index in [0.717, 1.165) is 127 Å². The number of carbonyl (C=O) groups excluding carboxylic acids is 4. The summed E-state index contributed by atoms with van der Waals surface area (Å²) in [4.78, 5) is 72.5. The minimum Gasteiger partial charge on any atom is -0.462 e. The molecule has 0 heterocycles. The fourth-order valence-corrected chi connectivity index (χ4v) is 12.5. The lowest BCUT2D eigenvalue weighted by molar-refractivity contribution is -0.161. The Morgan fingerprint density at radius 2 is 0.574 bits per heavy atom. The smallest absolute Gasteiger partial charge is 0.462 e. The van der Waals surface area contributed by atoms with E-state index in [4.69, 9.17) is 37.0 Å². The molecule has 0 radical (unpaired) electrons. The highest BCUT2D eigenvalue weighted by molar-refractivity contribution is 7.47. The van der Waals surface area contributed by atoms with Gasteiger partial charge in [0, 0.05) is 25.7 Å². The molecule has 0 aliphatic carbocycles. The Morgan fingerprint density at radius 3 is 0.872 bits per heavy atom. The first-order chi connectivity index (χ1) is 45.4. The van der Waals surface area contributed by atoms with E-state index in [1.807, 2.05) is 0 Å². The van der Waals surface area contributed by atoms with Gasteiger partial charge in [-0.1, -0.05) is 310 Å². The van der Waals surface area contributed by atoms with Crippen LogP contribution in [0.25, 0.3) is 0 Å². The van der Waals surface area contributed by atoms with Crippen LogP contribution < -0.4 is 0 Å². The summed E-state index contributed by atoms with van der Waals surface area (Å²) in [6.07, 6.45) is 56.7. The van der Waals surface area contributed by atoms with Crippen LogP contribution >= 0.6 is 15.6 Å². The Labute approximate surface area is 573 Å². The van der Waals surface area contributed by atoms with Crippen molar-refractivity contribution in [1.29, 1.82) is 0 Å². The first-order valence-electron chi connectivity index (χ1n) is 38.3. The maximum absolute atomic E-state index is 13.1. The lowest BCUT2D eigenvalue weighted by Gasteiger charge is -2.21. The number of unbranched alkanes of at least 4 members (excludes halogenated alkanes) is 39. The number of carbonyl (C=O) groups is 4. The molecule has 0 fully saturated rings. The molecule has 0 aliphatic rings. The zero-order chi connectivity index (χ0) is 69.3. The van der Waals surface area contributed by atoms with Gasteiger partial charge in [0.2, 0.25) is 0 Å². The van der Waals surface area contributed by atoms with Crippen LogP contribution in [-0.2, 0) is 65.4 Å². The highest BCUT2D eigenvalue weighted by Gasteiger charge is 2.30. The summed E-state index contributed by atoms with van der Waals surface area (Å²) in [7, 11) is -9.91. The monoisotopic (exact) mass is 1380 g/mol. The molecule has 0 amide bonds. The molecule has 0 aromatic rings. The van der Waals surface area contributed by atoms with Crippen molar-refractivity contribution >= 4 is 39.5 Å². The highest BCUT2D eigenvalue weighted by atomic mass is 31.2. The van der Waals surface area contributed by atoms with Gasteiger partial charge in [0.15, 0.2) is 12.2 Å². The molecule has 0 aromatic heterocycles. The summed E-state index contributed by atoms with van der Waals surface area (Å²) in [5, 5.41) is 10.6. The van der Waals surface area contributed by atoms with Gasteiger partial charge in [0.05, 0.1) is 26.4 Å². The molecule has 0 spiro atoms. The Morgan fingerprint density at radius 1 is 0.330 bits per heavy atom. The molecule has 2 unspecified atom stereocenters. The second-order valence-electron chi connectivity index (χ2n) is 27.3. The largest absolute Gasteiger partial charge is 0.472 e. The van der Waals surface area contributed by atoms with E-state index in [1.165, 1.54) is 154 Å². The van der Waals surface area contributed by atoms with Crippen LogP contribution in [0.1, 0.15) is 363 Å². The number of rotatable bonds is 72. The van der Waals surface area contributed by atoms with Crippen molar-refractivity contribution in [1.82, 2.24) is 0 Å². The van der Waals surface area contributed by atoms with Gasteiger partial charge in [-0.3, -0.25) is 37.3 Å². The van der Waals surface area contributed by atoms with E-state index in [1.54, 1.807) is 0 Å². The molecule has 554 valence electrons. The van der Waals surface area contributed by atoms with Crippen molar-refractivity contribution in [2.75, 3.05) is 39.6 Å². The third-order valence-corrected chi connectivity index (χ3v) is 18.7. The number of phosphoric acid groups is 2. The van der Waals surface area contributed by atoms with Gasteiger partial charge in [0.25, 0.3) is 0 Å². The number of ether oxygens (including phenoxy) is 4. The Balaban J connectivity index is 5.17. The quantitative estimate of drug-likeness (QED) is 0.0169. The first kappa shape index (κ1) is 91.5. The number of allylic oxidation sites excluding steroid dienone is 4. The normalized spacial score (nSPS) is 14.2. The van der Waals surface area contributed by atoms with Crippen LogP contribution in [0.4, 0.5) is 0 Å². The molecule has 0 aromatic carbocycles. The highest BCUT2D eigenvalue weighted by Crippen LogP contribution is 2.45. The first-order valence-corrected chi connectivity index (χ1v) is 41.3. The van der Waals surface area contributed by atoms with Crippen LogP contribution in [-0.4, -0.2) is 96.7 Å². The molecule has 0 aliphatic heterocycles. The van der Waals surface area contributed by atoms with Crippen molar-refractivity contribution in [2.24, 2.45) is 11.8 Å². The minimum atomic E-state index is -4.96. The summed E-state index contributed by atoms with van der Waals surface area (Å²) < 4.78 is 68.2. The van der Waals surface area contributed by atoms with Gasteiger partial charge >= 0.3 is 39.5 Å². The Kier molecular flexibility index (Phi) is 64.7. The summed E-state index contributed by atoms with van der Waals surface area (Å²) in [6, 6.07) is 0. The number of hydrogen-bond donors (Lipinski definition) is 3. The maximum atomic E-state index is 13.1. The zero-order valence-corrected chi connectivity index (χ0v) is 62.5. The predicted molar refractivity (Wildman–Crippen MR) is 381 cm³/mol. The van der Waals surface area contributed by atoms with Crippen molar-refractivity contribution in [3.05, 3.63) is 24.3 Å². The number of esters is 4. The van der Waals surface area contributed by atoms with Crippen LogP contribution in [0.15, 0.2) is 24.3 Å². The summed E-state index contributed by atoms with van der Waals surface area (Å²) >= 11 is 0. The fraction of sp³-hybridized carbons (Fsp3) is 0.893. The Bertz CT molecular complexity index is 1910. The van der Waals surface area contributed by atoms with Gasteiger partial charge in [-0.05, 0) is 63.2 Å². The van der Waals surface area contributed by atoms with Gasteiger partial charge in [-0.25, -0.2) is 9.13 Å². The van der Waals surface area contributed by atoms with Crippen LogP contribution in [0, 0.1) is 11.8 Å².